The molecule has 1 saturated heterocycles. The van der Waals surface area contributed by atoms with E-state index in [0.717, 1.165) is 37.8 Å². The summed E-state index contributed by atoms with van der Waals surface area (Å²) in [6.07, 6.45) is 1.08. The first-order valence-electron chi connectivity index (χ1n) is 6.23. The summed E-state index contributed by atoms with van der Waals surface area (Å²) in [6, 6.07) is 0. The van der Waals surface area contributed by atoms with E-state index in [1.807, 2.05) is 19.0 Å². The summed E-state index contributed by atoms with van der Waals surface area (Å²) in [4.78, 5) is 6.61. The van der Waals surface area contributed by atoms with Crippen molar-refractivity contribution in [2.24, 2.45) is 5.92 Å². The molecule has 96 valence electrons. The van der Waals surface area contributed by atoms with E-state index in [2.05, 4.69) is 29.3 Å². The molecule has 0 saturated carbocycles. The van der Waals surface area contributed by atoms with Crippen LogP contribution < -0.4 is 5.32 Å². The lowest BCUT2D eigenvalue weighted by atomic mass is 9.76. The fraction of sp³-hybridized carbons (Fsp3) is 0.833. The van der Waals surface area contributed by atoms with Crippen LogP contribution in [0.25, 0.3) is 0 Å². The van der Waals surface area contributed by atoms with Gasteiger partial charge in [-0.2, -0.15) is 4.98 Å². The van der Waals surface area contributed by atoms with Gasteiger partial charge in [-0.25, -0.2) is 0 Å². The summed E-state index contributed by atoms with van der Waals surface area (Å²) in [7, 11) is 4.01. The van der Waals surface area contributed by atoms with Crippen LogP contribution in [0.4, 0.5) is 0 Å². The Kier molecular flexibility index (Phi) is 3.49. The number of hydrogen-bond acceptors (Lipinski definition) is 5. The molecule has 2 heterocycles. The Hall–Kier alpha value is -0.940. The smallest absolute Gasteiger partial charge is 0.234 e. The zero-order valence-corrected chi connectivity index (χ0v) is 11.2. The standard InChI is InChI=1S/C12H22N4O/c1-9(2)12(5-6-13-8-12)11-14-10(15-17-11)7-16(3)4/h9,13H,5-8H2,1-4H3. The molecule has 1 atom stereocenters. The predicted octanol–water partition coefficient (Wildman–Crippen LogP) is 1.02. The van der Waals surface area contributed by atoms with Gasteiger partial charge in [-0.1, -0.05) is 19.0 Å². The highest BCUT2D eigenvalue weighted by atomic mass is 16.5. The predicted molar refractivity (Wildman–Crippen MR) is 65.7 cm³/mol. The van der Waals surface area contributed by atoms with Crippen LogP contribution in [0.3, 0.4) is 0 Å². The van der Waals surface area contributed by atoms with Gasteiger partial charge >= 0.3 is 0 Å². The topological polar surface area (TPSA) is 54.2 Å². The quantitative estimate of drug-likeness (QED) is 0.848. The number of nitrogens with one attached hydrogen (secondary N) is 1. The summed E-state index contributed by atoms with van der Waals surface area (Å²) < 4.78 is 5.49. The minimum absolute atomic E-state index is 0.0254. The molecule has 0 bridgehead atoms. The molecule has 1 fully saturated rings. The molecule has 0 amide bonds. The third kappa shape index (κ3) is 2.35. The Bertz CT molecular complexity index is 366. The van der Waals surface area contributed by atoms with Gasteiger partial charge in [-0.3, -0.25) is 0 Å². The molecule has 0 radical (unpaired) electrons. The Morgan fingerprint density at radius 1 is 1.47 bits per heavy atom. The van der Waals surface area contributed by atoms with Gasteiger partial charge in [0.15, 0.2) is 5.82 Å². The van der Waals surface area contributed by atoms with E-state index < -0.39 is 0 Å². The van der Waals surface area contributed by atoms with Crippen molar-refractivity contribution in [3.05, 3.63) is 11.7 Å². The second-order valence-corrected chi connectivity index (χ2v) is 5.49. The van der Waals surface area contributed by atoms with Gasteiger partial charge in [0.2, 0.25) is 5.89 Å². The van der Waals surface area contributed by atoms with Crippen molar-refractivity contribution in [2.45, 2.75) is 32.2 Å². The van der Waals surface area contributed by atoms with E-state index in [1.165, 1.54) is 0 Å². The van der Waals surface area contributed by atoms with Crippen LogP contribution in [-0.2, 0) is 12.0 Å². The molecular weight excluding hydrogens is 216 g/mol. The van der Waals surface area contributed by atoms with Crippen molar-refractivity contribution in [3.8, 4) is 0 Å². The SMILES string of the molecule is CC(C)C1(c2nc(CN(C)C)no2)CCNC1. The molecular formula is C12H22N4O. The normalized spacial score (nSPS) is 25.1. The van der Waals surface area contributed by atoms with E-state index in [9.17, 15) is 0 Å². The fourth-order valence-electron chi connectivity index (χ4n) is 2.44. The fourth-order valence-corrected chi connectivity index (χ4v) is 2.44. The van der Waals surface area contributed by atoms with Gasteiger partial charge in [-0.15, -0.1) is 0 Å². The maximum absolute atomic E-state index is 5.49. The molecule has 0 spiro atoms. The van der Waals surface area contributed by atoms with Gasteiger partial charge in [0.05, 0.1) is 12.0 Å². The summed E-state index contributed by atoms with van der Waals surface area (Å²) in [5.74, 6) is 2.08. The minimum atomic E-state index is 0.0254. The summed E-state index contributed by atoms with van der Waals surface area (Å²) in [5, 5.41) is 7.48. The third-order valence-electron chi connectivity index (χ3n) is 3.65. The van der Waals surface area contributed by atoms with Crippen molar-refractivity contribution in [2.75, 3.05) is 27.2 Å². The Balaban J connectivity index is 2.22. The molecule has 0 aromatic carbocycles. The molecule has 1 unspecified atom stereocenters. The zero-order chi connectivity index (χ0) is 12.5. The first-order valence-corrected chi connectivity index (χ1v) is 6.23. The molecule has 0 aliphatic carbocycles. The van der Waals surface area contributed by atoms with Gasteiger partial charge in [0.25, 0.3) is 0 Å². The first-order chi connectivity index (χ1) is 8.04. The highest BCUT2D eigenvalue weighted by Crippen LogP contribution is 2.36. The Labute approximate surface area is 103 Å². The lowest BCUT2D eigenvalue weighted by Gasteiger charge is -2.28. The number of rotatable bonds is 4. The number of aromatic nitrogens is 2. The van der Waals surface area contributed by atoms with Crippen molar-refractivity contribution >= 4 is 0 Å². The second kappa shape index (κ2) is 4.74. The Morgan fingerprint density at radius 2 is 2.24 bits per heavy atom. The highest BCUT2D eigenvalue weighted by Gasteiger charge is 2.43. The van der Waals surface area contributed by atoms with Crippen LogP contribution in [0.1, 0.15) is 32.0 Å². The van der Waals surface area contributed by atoms with Crippen LogP contribution in [-0.4, -0.2) is 42.2 Å². The summed E-state index contributed by atoms with van der Waals surface area (Å²) in [5.41, 5.74) is 0.0254. The van der Waals surface area contributed by atoms with Crippen LogP contribution in [0.2, 0.25) is 0 Å². The van der Waals surface area contributed by atoms with Crippen LogP contribution in [0.15, 0.2) is 4.52 Å². The molecule has 1 N–H and O–H groups in total. The maximum atomic E-state index is 5.49. The Morgan fingerprint density at radius 3 is 2.76 bits per heavy atom. The largest absolute Gasteiger partial charge is 0.339 e. The molecule has 1 aliphatic rings. The number of nitrogens with zero attached hydrogens (tertiary/aromatic N) is 3. The lowest BCUT2D eigenvalue weighted by molar-refractivity contribution is 0.233. The van der Waals surface area contributed by atoms with Gasteiger partial charge in [-0.05, 0) is 33.0 Å². The van der Waals surface area contributed by atoms with Gasteiger partial charge in [0, 0.05) is 6.54 Å². The first kappa shape index (κ1) is 12.5. The average molecular weight is 238 g/mol. The molecule has 5 heteroatoms. The maximum Gasteiger partial charge on any atom is 0.234 e. The molecule has 1 aliphatic heterocycles. The molecule has 5 nitrogen and oxygen atoms in total. The van der Waals surface area contributed by atoms with E-state index >= 15 is 0 Å². The van der Waals surface area contributed by atoms with Crippen molar-refractivity contribution in [3.63, 3.8) is 0 Å². The van der Waals surface area contributed by atoms with Gasteiger partial charge < -0.3 is 14.7 Å². The van der Waals surface area contributed by atoms with E-state index in [0.29, 0.717) is 5.92 Å². The second-order valence-electron chi connectivity index (χ2n) is 5.49. The van der Waals surface area contributed by atoms with Crippen molar-refractivity contribution in [1.82, 2.24) is 20.4 Å². The third-order valence-corrected chi connectivity index (χ3v) is 3.65. The number of hydrogen-bond donors (Lipinski definition) is 1. The van der Waals surface area contributed by atoms with Crippen molar-refractivity contribution in [1.29, 1.82) is 0 Å². The summed E-state index contributed by atoms with van der Waals surface area (Å²) in [6.45, 7) is 7.15. The molecule has 1 aromatic heterocycles. The van der Waals surface area contributed by atoms with Crippen LogP contribution >= 0.6 is 0 Å². The minimum Gasteiger partial charge on any atom is -0.339 e. The zero-order valence-electron chi connectivity index (χ0n) is 11.2. The molecule has 17 heavy (non-hydrogen) atoms. The van der Waals surface area contributed by atoms with Crippen LogP contribution in [0, 0.1) is 5.92 Å². The monoisotopic (exact) mass is 238 g/mol. The van der Waals surface area contributed by atoms with Crippen LogP contribution in [0.5, 0.6) is 0 Å². The molecule has 1 aromatic rings. The van der Waals surface area contributed by atoms with Gasteiger partial charge in [0.1, 0.15) is 0 Å². The van der Waals surface area contributed by atoms with Crippen molar-refractivity contribution < 1.29 is 4.52 Å². The lowest BCUT2D eigenvalue weighted by Crippen LogP contribution is -2.35. The van der Waals surface area contributed by atoms with E-state index in [4.69, 9.17) is 4.52 Å². The average Bonchev–Trinajstić information content (AvgIpc) is 2.83. The summed E-state index contributed by atoms with van der Waals surface area (Å²) >= 11 is 0. The van der Waals surface area contributed by atoms with E-state index in [1.54, 1.807) is 0 Å². The molecule has 2 rings (SSSR count). The highest BCUT2D eigenvalue weighted by molar-refractivity contribution is 5.11. The van der Waals surface area contributed by atoms with E-state index in [-0.39, 0.29) is 5.41 Å².